The van der Waals surface area contributed by atoms with E-state index >= 15 is 0 Å². The van der Waals surface area contributed by atoms with Gasteiger partial charge in [-0.2, -0.15) is 0 Å². The first-order chi connectivity index (χ1) is 9.40. The molecule has 1 amide bonds. The number of carbonyl (C=O) groups is 2. The van der Waals surface area contributed by atoms with Crippen LogP contribution in [0, 0.1) is 5.82 Å². The van der Waals surface area contributed by atoms with E-state index in [2.05, 4.69) is 0 Å². The summed E-state index contributed by atoms with van der Waals surface area (Å²) in [5.74, 6) is -2.33. The summed E-state index contributed by atoms with van der Waals surface area (Å²) in [7, 11) is 0. The molecule has 7 heteroatoms. The van der Waals surface area contributed by atoms with Crippen LogP contribution in [0.1, 0.15) is 17.3 Å². The molecule has 1 aliphatic rings. The Bertz CT molecular complexity index is 551. The van der Waals surface area contributed by atoms with Crippen LogP contribution in [-0.2, 0) is 9.53 Å². The lowest BCUT2D eigenvalue weighted by Gasteiger charge is -2.35. The number of hydrogen-bond acceptors (Lipinski definition) is 3. The number of hydrogen-bond donors (Lipinski definition) is 1. The van der Waals surface area contributed by atoms with Crippen molar-refractivity contribution in [1.82, 2.24) is 4.90 Å². The summed E-state index contributed by atoms with van der Waals surface area (Å²) in [5, 5.41) is 8.72. The number of nitrogens with zero attached hydrogens (tertiary/aromatic N) is 1. The average Bonchev–Trinajstić information content (AvgIpc) is 2.40. The molecule has 2 atom stereocenters. The number of amides is 1. The topological polar surface area (TPSA) is 66.8 Å². The smallest absolute Gasteiger partial charge is 0.334 e. The molecule has 1 fully saturated rings. The molecule has 1 unspecified atom stereocenters. The van der Waals surface area contributed by atoms with Crippen molar-refractivity contribution in [2.24, 2.45) is 0 Å². The van der Waals surface area contributed by atoms with Gasteiger partial charge in [-0.05, 0) is 19.1 Å². The van der Waals surface area contributed by atoms with E-state index < -0.39 is 29.9 Å². The van der Waals surface area contributed by atoms with Gasteiger partial charge in [0.2, 0.25) is 0 Å². The summed E-state index contributed by atoms with van der Waals surface area (Å²) in [5.41, 5.74) is 0.0184. The molecule has 1 saturated heterocycles. The third-order valence-corrected chi connectivity index (χ3v) is 3.39. The van der Waals surface area contributed by atoms with Crippen molar-refractivity contribution in [2.75, 3.05) is 13.1 Å². The third kappa shape index (κ3) is 2.91. The van der Waals surface area contributed by atoms with Crippen molar-refractivity contribution < 1.29 is 23.8 Å². The Kier molecular flexibility index (Phi) is 4.25. The van der Waals surface area contributed by atoms with Crippen LogP contribution in [0.4, 0.5) is 4.39 Å². The quantitative estimate of drug-likeness (QED) is 0.904. The van der Waals surface area contributed by atoms with Crippen molar-refractivity contribution in [2.45, 2.75) is 19.1 Å². The fourth-order valence-electron chi connectivity index (χ4n) is 2.09. The first kappa shape index (κ1) is 14.7. The van der Waals surface area contributed by atoms with Gasteiger partial charge in [0, 0.05) is 6.54 Å². The Hall–Kier alpha value is -1.66. The van der Waals surface area contributed by atoms with E-state index in [9.17, 15) is 14.0 Å². The minimum atomic E-state index is -1.14. The van der Waals surface area contributed by atoms with Crippen LogP contribution in [0.5, 0.6) is 0 Å². The van der Waals surface area contributed by atoms with E-state index in [-0.39, 0.29) is 23.7 Å². The summed E-state index contributed by atoms with van der Waals surface area (Å²) >= 11 is 5.77. The minimum Gasteiger partial charge on any atom is -0.479 e. The van der Waals surface area contributed by atoms with Crippen LogP contribution in [0.25, 0.3) is 0 Å². The first-order valence-electron chi connectivity index (χ1n) is 6.01. The molecule has 1 aromatic carbocycles. The van der Waals surface area contributed by atoms with Gasteiger partial charge >= 0.3 is 5.97 Å². The lowest BCUT2D eigenvalue weighted by Crippen LogP contribution is -2.51. The Morgan fingerprint density at radius 1 is 1.45 bits per heavy atom. The second-order valence-electron chi connectivity index (χ2n) is 4.59. The zero-order valence-electron chi connectivity index (χ0n) is 10.7. The number of halogens is 2. The summed E-state index contributed by atoms with van der Waals surface area (Å²) < 4.78 is 18.6. The molecule has 0 bridgehead atoms. The van der Waals surface area contributed by atoms with Gasteiger partial charge in [-0.1, -0.05) is 17.7 Å². The minimum absolute atomic E-state index is 0.0184. The molecule has 1 aliphatic heterocycles. The Balaban J connectivity index is 2.24. The highest BCUT2D eigenvalue weighted by atomic mass is 35.5. The molecule has 1 heterocycles. The fourth-order valence-corrected chi connectivity index (χ4v) is 2.30. The Morgan fingerprint density at radius 2 is 2.15 bits per heavy atom. The van der Waals surface area contributed by atoms with Crippen molar-refractivity contribution in [3.63, 3.8) is 0 Å². The molecule has 1 N–H and O–H groups in total. The lowest BCUT2D eigenvalue weighted by atomic mass is 10.1. The zero-order valence-corrected chi connectivity index (χ0v) is 11.4. The number of benzene rings is 1. The van der Waals surface area contributed by atoms with E-state index in [1.165, 1.54) is 17.0 Å². The predicted octanol–water partition coefficient (Wildman–Crippen LogP) is 1.79. The van der Waals surface area contributed by atoms with Crippen LogP contribution >= 0.6 is 11.6 Å². The zero-order chi connectivity index (χ0) is 14.9. The highest BCUT2D eigenvalue weighted by molar-refractivity contribution is 6.34. The van der Waals surface area contributed by atoms with Gasteiger partial charge in [0.05, 0.1) is 23.2 Å². The molecule has 0 aliphatic carbocycles. The first-order valence-corrected chi connectivity index (χ1v) is 6.39. The third-order valence-electron chi connectivity index (χ3n) is 3.00. The maximum Gasteiger partial charge on any atom is 0.334 e. The standard InChI is InChI=1S/C13H13ClFNO4/c1-7-5-16(6-10(20-7)13(18)19)12(17)8-3-2-4-9(15)11(8)14/h2-4,7,10H,5-6H2,1H3,(H,18,19)/t7-,10?/m1/s1. The maximum absolute atomic E-state index is 13.4. The summed E-state index contributed by atoms with van der Waals surface area (Å²) in [6, 6.07) is 3.94. The average molecular weight is 302 g/mol. The second kappa shape index (κ2) is 5.76. The predicted molar refractivity (Wildman–Crippen MR) is 69.3 cm³/mol. The normalized spacial score (nSPS) is 22.6. The fraction of sp³-hybridized carbons (Fsp3) is 0.385. The number of ether oxygens (including phenoxy) is 1. The van der Waals surface area contributed by atoms with E-state index in [4.69, 9.17) is 21.4 Å². The van der Waals surface area contributed by atoms with E-state index in [1.54, 1.807) is 6.92 Å². The SMILES string of the molecule is C[C@@H]1CN(C(=O)c2cccc(F)c2Cl)CC(C(=O)O)O1. The molecular formula is C13H13ClFNO4. The molecule has 5 nitrogen and oxygen atoms in total. The van der Waals surface area contributed by atoms with Gasteiger partial charge < -0.3 is 14.7 Å². The molecule has 108 valence electrons. The van der Waals surface area contributed by atoms with Gasteiger partial charge in [-0.25, -0.2) is 9.18 Å². The molecule has 1 aromatic rings. The van der Waals surface area contributed by atoms with Crippen LogP contribution in [0.2, 0.25) is 5.02 Å². The van der Waals surface area contributed by atoms with E-state index in [0.717, 1.165) is 6.07 Å². The molecule has 0 aromatic heterocycles. The van der Waals surface area contributed by atoms with Gasteiger partial charge in [0.1, 0.15) is 5.82 Å². The lowest BCUT2D eigenvalue weighted by molar-refractivity contribution is -0.160. The maximum atomic E-state index is 13.4. The largest absolute Gasteiger partial charge is 0.479 e. The number of morpholine rings is 1. The number of carboxylic acids is 1. The number of rotatable bonds is 2. The van der Waals surface area contributed by atoms with Crippen molar-refractivity contribution in [3.05, 3.63) is 34.6 Å². The van der Waals surface area contributed by atoms with E-state index in [0.29, 0.717) is 0 Å². The molecule has 2 rings (SSSR count). The van der Waals surface area contributed by atoms with Crippen molar-refractivity contribution in [3.8, 4) is 0 Å². The van der Waals surface area contributed by atoms with E-state index in [1.807, 2.05) is 0 Å². The van der Waals surface area contributed by atoms with Crippen LogP contribution < -0.4 is 0 Å². The number of carboxylic acid groups (broad SMARTS) is 1. The molecule has 0 spiro atoms. The van der Waals surface area contributed by atoms with Crippen LogP contribution in [-0.4, -0.2) is 47.2 Å². The number of carbonyl (C=O) groups excluding carboxylic acids is 1. The monoisotopic (exact) mass is 301 g/mol. The Labute approximate surface area is 119 Å². The molecule has 0 radical (unpaired) electrons. The molecular weight excluding hydrogens is 289 g/mol. The Morgan fingerprint density at radius 3 is 2.80 bits per heavy atom. The van der Waals surface area contributed by atoms with Gasteiger partial charge in [-0.3, -0.25) is 4.79 Å². The molecule has 0 saturated carbocycles. The van der Waals surface area contributed by atoms with Crippen LogP contribution in [0.15, 0.2) is 18.2 Å². The molecule has 20 heavy (non-hydrogen) atoms. The van der Waals surface area contributed by atoms with Crippen molar-refractivity contribution in [1.29, 1.82) is 0 Å². The summed E-state index contributed by atoms with van der Waals surface area (Å²) in [6.45, 7) is 1.81. The summed E-state index contributed by atoms with van der Waals surface area (Å²) in [4.78, 5) is 24.6. The van der Waals surface area contributed by atoms with Gasteiger partial charge in [-0.15, -0.1) is 0 Å². The van der Waals surface area contributed by atoms with Crippen molar-refractivity contribution >= 4 is 23.5 Å². The highest BCUT2D eigenvalue weighted by Gasteiger charge is 2.33. The second-order valence-corrected chi connectivity index (χ2v) is 4.96. The van der Waals surface area contributed by atoms with Gasteiger partial charge in [0.15, 0.2) is 6.10 Å². The number of aliphatic carboxylic acids is 1. The van der Waals surface area contributed by atoms with Crippen LogP contribution in [0.3, 0.4) is 0 Å². The highest BCUT2D eigenvalue weighted by Crippen LogP contribution is 2.23. The van der Waals surface area contributed by atoms with Gasteiger partial charge in [0.25, 0.3) is 5.91 Å². The summed E-state index contributed by atoms with van der Waals surface area (Å²) in [6.07, 6.45) is -1.50.